The summed E-state index contributed by atoms with van der Waals surface area (Å²) in [6.45, 7) is 2.94. The van der Waals surface area contributed by atoms with Gasteiger partial charge < -0.3 is 15.0 Å². The van der Waals surface area contributed by atoms with Crippen LogP contribution in [0, 0.1) is 0 Å². The maximum absolute atomic E-state index is 13.2. The number of hydrogen-bond acceptors (Lipinski definition) is 3. The molecule has 0 bridgehead atoms. The fourth-order valence-corrected chi connectivity index (χ4v) is 3.51. The highest BCUT2D eigenvalue weighted by atomic mass is 35.5. The van der Waals surface area contributed by atoms with Crippen LogP contribution in [0.2, 0.25) is 5.02 Å². The molecule has 5 nitrogen and oxygen atoms in total. The van der Waals surface area contributed by atoms with Crippen LogP contribution < -0.4 is 5.32 Å². The first kappa shape index (κ1) is 23.4. The molecule has 1 unspecified atom stereocenters. The number of ether oxygens (including phenoxy) is 1. The molecule has 0 aromatic heterocycles. The Morgan fingerprint density at radius 2 is 1.59 bits per heavy atom. The molecule has 0 saturated carbocycles. The lowest BCUT2D eigenvalue weighted by atomic mass is 10.1. The lowest BCUT2D eigenvalue weighted by Crippen LogP contribution is -2.40. The van der Waals surface area contributed by atoms with Crippen molar-refractivity contribution in [3.63, 3.8) is 0 Å². The van der Waals surface area contributed by atoms with E-state index in [4.69, 9.17) is 16.3 Å². The van der Waals surface area contributed by atoms with E-state index >= 15 is 0 Å². The average Bonchev–Trinajstić information content (AvgIpc) is 2.82. The van der Waals surface area contributed by atoms with Gasteiger partial charge in [0.25, 0.3) is 5.91 Å². The Kier molecular flexibility index (Phi) is 8.70. The molecule has 0 aliphatic carbocycles. The van der Waals surface area contributed by atoms with Gasteiger partial charge in [-0.3, -0.25) is 4.79 Å². The molecule has 32 heavy (non-hydrogen) atoms. The van der Waals surface area contributed by atoms with Crippen LogP contribution >= 0.6 is 11.6 Å². The summed E-state index contributed by atoms with van der Waals surface area (Å²) in [6, 6.07) is 26.1. The van der Waals surface area contributed by atoms with Crippen LogP contribution in [0.4, 0.5) is 4.79 Å². The lowest BCUT2D eigenvalue weighted by Gasteiger charge is -2.27. The molecule has 1 N–H and O–H groups in total. The molecule has 0 heterocycles. The molecule has 6 heteroatoms. The van der Waals surface area contributed by atoms with Gasteiger partial charge in [0, 0.05) is 23.7 Å². The molecule has 2 amide bonds. The molecule has 1 atom stereocenters. The molecule has 0 spiro atoms. The summed E-state index contributed by atoms with van der Waals surface area (Å²) in [5.74, 6) is -0.127. The molecule has 0 fully saturated rings. The molecule has 3 aromatic rings. The Morgan fingerprint density at radius 3 is 2.25 bits per heavy atom. The molecule has 166 valence electrons. The summed E-state index contributed by atoms with van der Waals surface area (Å²) >= 11 is 6.13. The Labute approximate surface area is 194 Å². The number of nitrogens with zero attached hydrogens (tertiary/aromatic N) is 1. The molecule has 3 rings (SSSR count). The molecule has 0 aliphatic rings. The normalized spacial score (nSPS) is 11.4. The van der Waals surface area contributed by atoms with Crippen LogP contribution in [0.5, 0.6) is 0 Å². The van der Waals surface area contributed by atoms with Gasteiger partial charge in [-0.1, -0.05) is 79.2 Å². The first-order valence-corrected chi connectivity index (χ1v) is 11.0. The quantitative estimate of drug-likeness (QED) is 0.455. The zero-order valence-corrected chi connectivity index (χ0v) is 18.8. The highest BCUT2D eigenvalue weighted by Crippen LogP contribution is 2.16. The summed E-state index contributed by atoms with van der Waals surface area (Å²) in [7, 11) is 0. The minimum Gasteiger partial charge on any atom is -0.444 e. The maximum atomic E-state index is 13.2. The number of nitrogens with one attached hydrogen (secondary N) is 1. The molecular weight excluding hydrogens is 424 g/mol. The van der Waals surface area contributed by atoms with Crippen molar-refractivity contribution in [3.8, 4) is 0 Å². The molecule has 0 aliphatic heterocycles. The third kappa shape index (κ3) is 7.13. The van der Waals surface area contributed by atoms with Gasteiger partial charge in [-0.05, 0) is 41.8 Å². The van der Waals surface area contributed by atoms with Crippen LogP contribution in [0.15, 0.2) is 84.9 Å². The Balaban J connectivity index is 1.68. The Bertz CT molecular complexity index is 1010. The van der Waals surface area contributed by atoms with Crippen molar-refractivity contribution in [2.24, 2.45) is 0 Å². The first-order chi connectivity index (χ1) is 15.5. The third-order valence-corrected chi connectivity index (χ3v) is 5.24. The van der Waals surface area contributed by atoms with Gasteiger partial charge in [0.1, 0.15) is 6.10 Å². The molecule has 0 radical (unpaired) electrons. The molecule has 3 aromatic carbocycles. The van der Waals surface area contributed by atoms with E-state index in [1.54, 1.807) is 23.1 Å². The van der Waals surface area contributed by atoms with Crippen molar-refractivity contribution in [2.45, 2.75) is 32.5 Å². The van der Waals surface area contributed by atoms with Gasteiger partial charge in [0.2, 0.25) is 0 Å². The highest BCUT2D eigenvalue weighted by Gasteiger charge is 2.22. The lowest BCUT2D eigenvalue weighted by molar-refractivity contribution is 0.0492. The highest BCUT2D eigenvalue weighted by molar-refractivity contribution is 6.30. The van der Waals surface area contributed by atoms with Crippen LogP contribution in [-0.4, -0.2) is 29.5 Å². The Hall–Kier alpha value is -3.31. The maximum Gasteiger partial charge on any atom is 0.407 e. The standard InChI is InChI=1S/C26H27ClN2O3/c1-2-24(32-26(31)28-17-20-10-5-3-6-11-20)19-29(18-21-12-9-15-23(27)16-21)25(30)22-13-7-4-8-14-22/h3-16,24H,2,17-19H2,1H3,(H,28,31). The van der Waals surface area contributed by atoms with Gasteiger partial charge in [0.15, 0.2) is 0 Å². The average molecular weight is 451 g/mol. The predicted octanol–water partition coefficient (Wildman–Crippen LogP) is 5.69. The summed E-state index contributed by atoms with van der Waals surface area (Å²) in [5.41, 5.74) is 2.47. The van der Waals surface area contributed by atoms with Crippen molar-refractivity contribution in [1.29, 1.82) is 0 Å². The van der Waals surface area contributed by atoms with Gasteiger partial charge >= 0.3 is 6.09 Å². The smallest absolute Gasteiger partial charge is 0.407 e. The van der Waals surface area contributed by atoms with Gasteiger partial charge in [-0.15, -0.1) is 0 Å². The SMILES string of the molecule is CCC(CN(Cc1cccc(Cl)c1)C(=O)c1ccccc1)OC(=O)NCc1ccccc1. The van der Waals surface area contributed by atoms with Crippen molar-refractivity contribution in [3.05, 3.63) is 107 Å². The van der Waals surface area contributed by atoms with Crippen molar-refractivity contribution in [2.75, 3.05) is 6.54 Å². The number of alkyl carbamates (subject to hydrolysis) is 1. The zero-order valence-electron chi connectivity index (χ0n) is 18.0. The molecule has 0 saturated heterocycles. The fourth-order valence-electron chi connectivity index (χ4n) is 3.30. The monoisotopic (exact) mass is 450 g/mol. The minimum atomic E-state index is -0.504. The number of benzene rings is 3. The van der Waals surface area contributed by atoms with E-state index in [1.807, 2.05) is 73.7 Å². The predicted molar refractivity (Wildman–Crippen MR) is 126 cm³/mol. The van der Waals surface area contributed by atoms with E-state index in [9.17, 15) is 9.59 Å². The van der Waals surface area contributed by atoms with Crippen LogP contribution in [0.1, 0.15) is 34.8 Å². The van der Waals surface area contributed by atoms with Crippen molar-refractivity contribution in [1.82, 2.24) is 10.2 Å². The molecular formula is C26H27ClN2O3. The van der Waals surface area contributed by atoms with E-state index in [1.165, 1.54) is 0 Å². The van der Waals surface area contributed by atoms with Gasteiger partial charge in [-0.25, -0.2) is 4.79 Å². The van der Waals surface area contributed by atoms with Crippen molar-refractivity contribution >= 4 is 23.6 Å². The summed E-state index contributed by atoms with van der Waals surface area (Å²) in [5, 5.41) is 3.38. The van der Waals surface area contributed by atoms with Gasteiger partial charge in [0.05, 0.1) is 6.54 Å². The second kappa shape index (κ2) is 11.9. The zero-order chi connectivity index (χ0) is 22.8. The van der Waals surface area contributed by atoms with E-state index in [-0.39, 0.29) is 12.5 Å². The number of carbonyl (C=O) groups is 2. The number of amides is 2. The summed E-state index contributed by atoms with van der Waals surface area (Å²) in [6.07, 6.45) is -0.374. The second-order valence-electron chi connectivity index (χ2n) is 7.46. The van der Waals surface area contributed by atoms with E-state index in [2.05, 4.69) is 5.32 Å². The number of carbonyl (C=O) groups excluding carboxylic acids is 2. The summed E-state index contributed by atoms with van der Waals surface area (Å²) in [4.78, 5) is 27.3. The minimum absolute atomic E-state index is 0.127. The summed E-state index contributed by atoms with van der Waals surface area (Å²) < 4.78 is 5.63. The topological polar surface area (TPSA) is 58.6 Å². The van der Waals surface area contributed by atoms with E-state index in [0.717, 1.165) is 11.1 Å². The van der Waals surface area contributed by atoms with Crippen LogP contribution in [0.25, 0.3) is 0 Å². The van der Waals surface area contributed by atoms with Crippen LogP contribution in [0.3, 0.4) is 0 Å². The van der Waals surface area contributed by atoms with Gasteiger partial charge in [-0.2, -0.15) is 0 Å². The van der Waals surface area contributed by atoms with Crippen molar-refractivity contribution < 1.29 is 14.3 Å². The fraction of sp³-hybridized carbons (Fsp3) is 0.231. The number of hydrogen-bond donors (Lipinski definition) is 1. The first-order valence-electron chi connectivity index (χ1n) is 10.6. The number of rotatable bonds is 9. The van der Waals surface area contributed by atoms with E-state index < -0.39 is 12.2 Å². The largest absolute Gasteiger partial charge is 0.444 e. The third-order valence-electron chi connectivity index (χ3n) is 5.00. The Morgan fingerprint density at radius 1 is 0.938 bits per heavy atom. The second-order valence-corrected chi connectivity index (χ2v) is 7.89. The van der Waals surface area contributed by atoms with E-state index in [0.29, 0.717) is 30.1 Å². The van der Waals surface area contributed by atoms with Crippen LogP contribution in [-0.2, 0) is 17.8 Å². The number of halogens is 1.